The zero-order valence-electron chi connectivity index (χ0n) is 18.5. The van der Waals surface area contributed by atoms with Crippen molar-refractivity contribution in [1.29, 1.82) is 0 Å². The molecule has 1 saturated carbocycles. The molecule has 3 fully saturated rings. The second-order valence-corrected chi connectivity index (χ2v) is 10.9. The highest BCUT2D eigenvalue weighted by atomic mass is 16.7. The molecule has 0 unspecified atom stereocenters. The van der Waals surface area contributed by atoms with Crippen molar-refractivity contribution in [1.82, 2.24) is 5.32 Å². The molecule has 2 heterocycles. The van der Waals surface area contributed by atoms with Crippen molar-refractivity contribution >= 4 is 0 Å². The first-order chi connectivity index (χ1) is 12.7. The van der Waals surface area contributed by atoms with E-state index >= 15 is 0 Å². The molecule has 1 aliphatic carbocycles. The van der Waals surface area contributed by atoms with Gasteiger partial charge in [-0.1, -0.05) is 44.8 Å². The summed E-state index contributed by atoms with van der Waals surface area (Å²) in [5.41, 5.74) is 0.0854. The van der Waals surface area contributed by atoms with Gasteiger partial charge in [0.05, 0.1) is 13.2 Å². The topological polar surface area (TPSA) is 30.5 Å². The molecule has 0 radical (unpaired) electrons. The van der Waals surface area contributed by atoms with Crippen molar-refractivity contribution in [2.75, 3.05) is 13.2 Å². The van der Waals surface area contributed by atoms with Crippen LogP contribution in [0.4, 0.5) is 0 Å². The van der Waals surface area contributed by atoms with Crippen LogP contribution in [0.15, 0.2) is 12.2 Å². The fraction of sp³-hybridized carbons (Fsp3) is 0.917. The van der Waals surface area contributed by atoms with Gasteiger partial charge in [-0.15, -0.1) is 0 Å². The summed E-state index contributed by atoms with van der Waals surface area (Å²) in [6.45, 7) is 12.9. The molecule has 2 saturated heterocycles. The van der Waals surface area contributed by atoms with Crippen molar-refractivity contribution in [2.24, 2.45) is 17.8 Å². The number of allylic oxidation sites excluding steroid dienone is 1. The standard InChI is InChI=1S/C24H43NO2/c1-6-8-19-11-13-20(14-12-19)9-7-10-21-15-26-24(27-16-21)17-22(2,3)25-23(4,5)18-24/h7,10,19-21,25H,6,8-9,11-18H2,1-5H3/b10-7+. The Morgan fingerprint density at radius 2 is 1.44 bits per heavy atom. The molecule has 1 N–H and O–H groups in total. The first-order valence-electron chi connectivity index (χ1n) is 11.4. The van der Waals surface area contributed by atoms with E-state index in [1.807, 2.05) is 0 Å². The second-order valence-electron chi connectivity index (χ2n) is 10.9. The summed E-state index contributed by atoms with van der Waals surface area (Å²) in [5, 5.41) is 3.72. The Kier molecular flexibility index (Phi) is 6.75. The first kappa shape index (κ1) is 21.3. The van der Waals surface area contributed by atoms with Gasteiger partial charge in [-0.25, -0.2) is 0 Å². The van der Waals surface area contributed by atoms with Crippen molar-refractivity contribution in [3.8, 4) is 0 Å². The van der Waals surface area contributed by atoms with Crippen LogP contribution in [0.2, 0.25) is 0 Å². The number of ether oxygens (including phenoxy) is 2. The summed E-state index contributed by atoms with van der Waals surface area (Å²) >= 11 is 0. The minimum absolute atomic E-state index is 0.0427. The second kappa shape index (κ2) is 8.55. The third-order valence-electron chi connectivity index (χ3n) is 6.76. The van der Waals surface area contributed by atoms with Crippen LogP contribution in [-0.4, -0.2) is 30.1 Å². The molecule has 27 heavy (non-hydrogen) atoms. The van der Waals surface area contributed by atoms with Gasteiger partial charge in [-0.05, 0) is 58.8 Å². The number of piperidine rings is 1. The Bertz CT molecular complexity index is 477. The summed E-state index contributed by atoms with van der Waals surface area (Å²) < 4.78 is 12.7. The predicted octanol–water partition coefficient (Wildman–Crippen LogP) is 5.84. The summed E-state index contributed by atoms with van der Waals surface area (Å²) in [6.07, 6.45) is 16.4. The van der Waals surface area contributed by atoms with Crippen LogP contribution in [0.1, 0.15) is 92.4 Å². The molecule has 1 spiro atoms. The van der Waals surface area contributed by atoms with Gasteiger partial charge in [0.15, 0.2) is 5.79 Å². The van der Waals surface area contributed by atoms with Crippen LogP contribution in [0.3, 0.4) is 0 Å². The van der Waals surface area contributed by atoms with Crippen molar-refractivity contribution in [3.63, 3.8) is 0 Å². The highest BCUT2D eigenvalue weighted by Gasteiger charge is 2.50. The Morgan fingerprint density at radius 3 is 2.00 bits per heavy atom. The third-order valence-corrected chi connectivity index (χ3v) is 6.76. The summed E-state index contributed by atoms with van der Waals surface area (Å²) in [4.78, 5) is 0. The number of nitrogens with one attached hydrogen (secondary N) is 1. The Morgan fingerprint density at radius 1 is 0.889 bits per heavy atom. The van der Waals surface area contributed by atoms with Gasteiger partial charge >= 0.3 is 0 Å². The van der Waals surface area contributed by atoms with Crippen LogP contribution >= 0.6 is 0 Å². The summed E-state index contributed by atoms with van der Waals surface area (Å²) in [6, 6.07) is 0. The maximum atomic E-state index is 6.36. The molecule has 3 heteroatoms. The minimum atomic E-state index is -0.403. The lowest BCUT2D eigenvalue weighted by atomic mass is 9.78. The Balaban J connectivity index is 1.43. The monoisotopic (exact) mass is 377 g/mol. The number of hydrogen-bond acceptors (Lipinski definition) is 3. The number of hydrogen-bond donors (Lipinski definition) is 1. The average molecular weight is 378 g/mol. The molecule has 3 aliphatic rings. The highest BCUT2D eigenvalue weighted by molar-refractivity contribution is 5.03. The quantitative estimate of drug-likeness (QED) is 0.611. The fourth-order valence-corrected chi connectivity index (χ4v) is 5.96. The molecule has 3 rings (SSSR count). The van der Waals surface area contributed by atoms with E-state index in [-0.39, 0.29) is 11.1 Å². The lowest BCUT2D eigenvalue weighted by Crippen LogP contribution is -2.66. The van der Waals surface area contributed by atoms with Crippen LogP contribution in [0.5, 0.6) is 0 Å². The smallest absolute Gasteiger partial charge is 0.171 e. The summed E-state index contributed by atoms with van der Waals surface area (Å²) in [5.74, 6) is 1.91. The van der Waals surface area contributed by atoms with E-state index in [0.29, 0.717) is 5.92 Å². The van der Waals surface area contributed by atoms with Gasteiger partial charge < -0.3 is 14.8 Å². The van der Waals surface area contributed by atoms with Gasteiger partial charge in [0.2, 0.25) is 0 Å². The van der Waals surface area contributed by atoms with Crippen molar-refractivity contribution < 1.29 is 9.47 Å². The molecule has 0 amide bonds. The molecule has 0 atom stereocenters. The number of rotatable bonds is 5. The van der Waals surface area contributed by atoms with Gasteiger partial charge in [0, 0.05) is 29.8 Å². The molecule has 0 aromatic rings. The molecular formula is C24H43NO2. The van der Waals surface area contributed by atoms with E-state index in [2.05, 4.69) is 52.1 Å². The van der Waals surface area contributed by atoms with Crippen LogP contribution in [0, 0.1) is 17.8 Å². The van der Waals surface area contributed by atoms with Crippen LogP contribution < -0.4 is 5.32 Å². The normalized spacial score (nSPS) is 33.5. The third kappa shape index (κ3) is 6.05. The van der Waals surface area contributed by atoms with Gasteiger partial charge in [0.1, 0.15) is 0 Å². The minimum Gasteiger partial charge on any atom is -0.349 e. The molecular weight excluding hydrogens is 334 g/mol. The van der Waals surface area contributed by atoms with E-state index in [4.69, 9.17) is 9.47 Å². The van der Waals surface area contributed by atoms with Crippen molar-refractivity contribution in [3.05, 3.63) is 12.2 Å². The predicted molar refractivity (Wildman–Crippen MR) is 113 cm³/mol. The molecule has 0 bridgehead atoms. The molecule has 2 aliphatic heterocycles. The largest absolute Gasteiger partial charge is 0.349 e. The summed E-state index contributed by atoms with van der Waals surface area (Å²) in [7, 11) is 0. The lowest BCUT2D eigenvalue weighted by Gasteiger charge is -2.53. The van der Waals surface area contributed by atoms with E-state index in [0.717, 1.165) is 37.9 Å². The van der Waals surface area contributed by atoms with E-state index < -0.39 is 5.79 Å². The first-order valence-corrected chi connectivity index (χ1v) is 11.4. The highest BCUT2D eigenvalue weighted by Crippen LogP contribution is 2.41. The van der Waals surface area contributed by atoms with Crippen molar-refractivity contribution in [2.45, 2.75) is 109 Å². The van der Waals surface area contributed by atoms with Gasteiger partial charge in [0.25, 0.3) is 0 Å². The molecule has 156 valence electrons. The van der Waals surface area contributed by atoms with Crippen LogP contribution in [-0.2, 0) is 9.47 Å². The maximum Gasteiger partial charge on any atom is 0.171 e. The van der Waals surface area contributed by atoms with Gasteiger partial charge in [-0.3, -0.25) is 0 Å². The Labute approximate surface area is 167 Å². The maximum absolute atomic E-state index is 6.36. The molecule has 3 nitrogen and oxygen atoms in total. The van der Waals surface area contributed by atoms with E-state index in [1.165, 1.54) is 44.9 Å². The Hall–Kier alpha value is -0.380. The zero-order valence-corrected chi connectivity index (χ0v) is 18.5. The fourth-order valence-electron chi connectivity index (χ4n) is 5.96. The van der Waals surface area contributed by atoms with Crippen LogP contribution in [0.25, 0.3) is 0 Å². The average Bonchev–Trinajstić information content (AvgIpc) is 2.56. The van der Waals surface area contributed by atoms with E-state index in [1.54, 1.807) is 0 Å². The lowest BCUT2D eigenvalue weighted by molar-refractivity contribution is -0.306. The molecule has 0 aromatic heterocycles. The van der Waals surface area contributed by atoms with E-state index in [9.17, 15) is 0 Å². The zero-order chi connectivity index (χ0) is 19.5. The molecule has 0 aromatic carbocycles. The SMILES string of the molecule is CCCC1CCC(C/C=C/C2COC3(CC(C)(C)NC(C)(C)C3)OC2)CC1. The van der Waals surface area contributed by atoms with Gasteiger partial charge in [-0.2, -0.15) is 0 Å².